The number of hydrogen-bond acceptors (Lipinski definition) is 2. The Hall–Kier alpha value is -0.0200. The summed E-state index contributed by atoms with van der Waals surface area (Å²) in [5, 5.41) is 9.53. The van der Waals surface area contributed by atoms with Crippen molar-refractivity contribution in [2.75, 3.05) is 0 Å². The van der Waals surface area contributed by atoms with E-state index in [1.807, 2.05) is 0 Å². The van der Waals surface area contributed by atoms with Gasteiger partial charge >= 0.3 is 0 Å². The van der Waals surface area contributed by atoms with Crippen LogP contribution in [0.3, 0.4) is 0 Å². The Labute approximate surface area is 70.7 Å². The van der Waals surface area contributed by atoms with Gasteiger partial charge < -0.3 is 5.11 Å². The molecule has 1 aliphatic heterocycles. The minimum Gasteiger partial charge on any atom is -0.389 e. The van der Waals surface area contributed by atoms with Crippen LogP contribution in [0, 0.1) is 0 Å². The number of aliphatic hydroxyl groups is 1. The lowest BCUT2D eigenvalue weighted by atomic mass is 10.0. The first kappa shape index (κ1) is 9.07. The molecule has 1 aliphatic rings. The van der Waals surface area contributed by atoms with Crippen LogP contribution in [0.15, 0.2) is 10.7 Å². The van der Waals surface area contributed by atoms with Crippen molar-refractivity contribution >= 4 is 11.8 Å². The Morgan fingerprint density at radius 3 is 2.36 bits per heavy atom. The molecule has 1 rings (SSSR count). The average Bonchev–Trinajstić information content (AvgIpc) is 2.11. The molecular weight excluding hydrogens is 163 g/mol. The summed E-state index contributed by atoms with van der Waals surface area (Å²) in [6.45, 7) is 5.19. The molecule has 64 valence electrons. The number of halogens is 1. The Kier molecular flexibility index (Phi) is 2.30. The van der Waals surface area contributed by atoms with Gasteiger partial charge in [-0.05, 0) is 20.8 Å². The Morgan fingerprint density at radius 2 is 2.18 bits per heavy atom. The molecule has 0 saturated carbocycles. The molecule has 0 radical (unpaired) electrons. The first-order valence-corrected chi connectivity index (χ1v) is 4.53. The van der Waals surface area contributed by atoms with Crippen LogP contribution < -0.4 is 0 Å². The van der Waals surface area contributed by atoms with Crippen molar-refractivity contribution in [1.29, 1.82) is 0 Å². The minimum absolute atomic E-state index is 0.0116. The number of hydrogen-bond donors (Lipinski definition) is 1. The third-order valence-electron chi connectivity index (χ3n) is 1.85. The summed E-state index contributed by atoms with van der Waals surface area (Å²) in [6.07, 6.45) is 0.375. The largest absolute Gasteiger partial charge is 0.389 e. The van der Waals surface area contributed by atoms with Crippen LogP contribution in [-0.2, 0) is 0 Å². The molecule has 0 spiro atoms. The van der Waals surface area contributed by atoms with E-state index in [0.717, 1.165) is 4.91 Å². The number of allylic oxidation sites excluding steroid dienone is 2. The van der Waals surface area contributed by atoms with Gasteiger partial charge in [0.2, 0.25) is 0 Å². The van der Waals surface area contributed by atoms with Gasteiger partial charge in [0.1, 0.15) is 5.83 Å². The van der Waals surface area contributed by atoms with Gasteiger partial charge in [-0.2, -0.15) is 0 Å². The molecule has 3 heteroatoms. The number of thioether (sulfide) groups is 1. The fourth-order valence-electron chi connectivity index (χ4n) is 1.02. The Morgan fingerprint density at radius 1 is 1.64 bits per heavy atom. The molecule has 0 amide bonds. The minimum atomic E-state index is -0.778. The second kappa shape index (κ2) is 2.79. The molecular formula is C8H13FOS. The quantitative estimate of drug-likeness (QED) is 0.662. The third-order valence-corrected chi connectivity index (χ3v) is 3.46. The zero-order valence-electron chi connectivity index (χ0n) is 7.02. The normalized spacial score (nSPS) is 26.5. The summed E-state index contributed by atoms with van der Waals surface area (Å²) in [5.74, 6) is -0.0675. The van der Waals surface area contributed by atoms with Crippen molar-refractivity contribution in [3.05, 3.63) is 10.7 Å². The standard InChI is InChI=1S/C8H13FOS/c1-5-6(9)4-7(11-5)8(2,3)10/h7,10H,4H2,1-3H3. The van der Waals surface area contributed by atoms with Crippen molar-refractivity contribution in [2.24, 2.45) is 0 Å². The highest BCUT2D eigenvalue weighted by Crippen LogP contribution is 2.42. The van der Waals surface area contributed by atoms with Gasteiger partial charge in [0.15, 0.2) is 0 Å². The summed E-state index contributed by atoms with van der Waals surface area (Å²) >= 11 is 1.44. The average molecular weight is 176 g/mol. The predicted octanol–water partition coefficient (Wildman–Crippen LogP) is 2.46. The van der Waals surface area contributed by atoms with Gasteiger partial charge in [-0.1, -0.05) is 0 Å². The lowest BCUT2D eigenvalue weighted by molar-refractivity contribution is 0.0773. The summed E-state index contributed by atoms with van der Waals surface area (Å²) < 4.78 is 12.8. The molecule has 0 fully saturated rings. The summed E-state index contributed by atoms with van der Waals surface area (Å²) in [4.78, 5) is 0.720. The van der Waals surface area contributed by atoms with E-state index in [1.165, 1.54) is 11.8 Å². The van der Waals surface area contributed by atoms with Crippen LogP contribution in [0.2, 0.25) is 0 Å². The van der Waals surface area contributed by atoms with E-state index < -0.39 is 5.60 Å². The van der Waals surface area contributed by atoms with Crippen molar-refractivity contribution in [3.63, 3.8) is 0 Å². The highest BCUT2D eigenvalue weighted by molar-refractivity contribution is 8.04. The topological polar surface area (TPSA) is 20.2 Å². The zero-order valence-corrected chi connectivity index (χ0v) is 7.83. The highest BCUT2D eigenvalue weighted by Gasteiger charge is 2.33. The molecule has 0 aliphatic carbocycles. The van der Waals surface area contributed by atoms with Gasteiger partial charge in [0.05, 0.1) is 5.60 Å². The fraction of sp³-hybridized carbons (Fsp3) is 0.750. The van der Waals surface area contributed by atoms with Crippen LogP contribution >= 0.6 is 11.8 Å². The van der Waals surface area contributed by atoms with Crippen LogP contribution in [0.5, 0.6) is 0 Å². The number of rotatable bonds is 1. The van der Waals surface area contributed by atoms with Crippen molar-refractivity contribution in [1.82, 2.24) is 0 Å². The molecule has 0 aromatic carbocycles. The van der Waals surface area contributed by atoms with E-state index >= 15 is 0 Å². The van der Waals surface area contributed by atoms with Crippen LogP contribution in [0.4, 0.5) is 4.39 Å². The molecule has 1 nitrogen and oxygen atoms in total. The molecule has 1 heterocycles. The fourth-order valence-corrected chi connectivity index (χ4v) is 2.18. The van der Waals surface area contributed by atoms with E-state index in [2.05, 4.69) is 0 Å². The maximum absolute atomic E-state index is 12.8. The molecule has 0 aromatic rings. The first-order chi connectivity index (χ1) is 4.91. The summed E-state index contributed by atoms with van der Waals surface area (Å²) in [5.41, 5.74) is -0.778. The first-order valence-electron chi connectivity index (χ1n) is 3.65. The predicted molar refractivity (Wildman–Crippen MR) is 46.1 cm³/mol. The molecule has 1 N–H and O–H groups in total. The van der Waals surface area contributed by atoms with E-state index in [4.69, 9.17) is 0 Å². The molecule has 0 saturated heterocycles. The smallest absolute Gasteiger partial charge is 0.110 e. The Balaban J connectivity index is 2.62. The molecule has 0 bridgehead atoms. The second-order valence-corrected chi connectivity index (χ2v) is 4.84. The van der Waals surface area contributed by atoms with E-state index in [0.29, 0.717) is 6.42 Å². The Bertz CT molecular complexity index is 179. The van der Waals surface area contributed by atoms with Gasteiger partial charge in [0, 0.05) is 16.6 Å². The van der Waals surface area contributed by atoms with E-state index in [1.54, 1.807) is 20.8 Å². The molecule has 1 atom stereocenters. The van der Waals surface area contributed by atoms with Crippen molar-refractivity contribution in [2.45, 2.75) is 38.0 Å². The van der Waals surface area contributed by atoms with Gasteiger partial charge in [-0.15, -0.1) is 11.8 Å². The van der Waals surface area contributed by atoms with Crippen LogP contribution in [0.1, 0.15) is 27.2 Å². The maximum Gasteiger partial charge on any atom is 0.110 e. The molecule has 1 unspecified atom stereocenters. The maximum atomic E-state index is 12.8. The second-order valence-electron chi connectivity index (χ2n) is 3.43. The monoisotopic (exact) mass is 176 g/mol. The highest BCUT2D eigenvalue weighted by atomic mass is 32.2. The lowest BCUT2D eigenvalue weighted by Gasteiger charge is -2.24. The zero-order chi connectivity index (χ0) is 8.65. The lowest BCUT2D eigenvalue weighted by Crippen LogP contribution is -2.31. The van der Waals surface area contributed by atoms with E-state index in [9.17, 15) is 9.50 Å². The van der Waals surface area contributed by atoms with Crippen molar-refractivity contribution < 1.29 is 9.50 Å². The van der Waals surface area contributed by atoms with Gasteiger partial charge in [-0.25, -0.2) is 4.39 Å². The molecule has 11 heavy (non-hydrogen) atoms. The third kappa shape index (κ3) is 1.97. The van der Waals surface area contributed by atoms with Gasteiger partial charge in [0.25, 0.3) is 0 Å². The van der Waals surface area contributed by atoms with Crippen LogP contribution in [-0.4, -0.2) is 16.0 Å². The SMILES string of the molecule is CC1=C(F)CC(C(C)(C)O)S1. The van der Waals surface area contributed by atoms with Crippen molar-refractivity contribution in [3.8, 4) is 0 Å². The van der Waals surface area contributed by atoms with E-state index in [-0.39, 0.29) is 11.1 Å². The van der Waals surface area contributed by atoms with Gasteiger partial charge in [-0.3, -0.25) is 0 Å². The molecule has 0 aromatic heterocycles. The van der Waals surface area contributed by atoms with Crippen LogP contribution in [0.25, 0.3) is 0 Å². The summed E-state index contributed by atoms with van der Waals surface area (Å²) in [7, 11) is 0. The summed E-state index contributed by atoms with van der Waals surface area (Å²) in [6, 6.07) is 0.